The Morgan fingerprint density at radius 2 is 2.06 bits per heavy atom. The predicted molar refractivity (Wildman–Crippen MR) is 123 cm³/mol. The molecule has 4 rings (SSSR count). The number of rotatable bonds is 5. The molecule has 1 aliphatic heterocycles. The number of aryl methyl sites for hydroxylation is 1. The van der Waals surface area contributed by atoms with Gasteiger partial charge in [0, 0.05) is 30.0 Å². The molecule has 11 heteroatoms. The van der Waals surface area contributed by atoms with Gasteiger partial charge in [-0.05, 0) is 31.0 Å². The molecule has 9 nitrogen and oxygen atoms in total. The quantitative estimate of drug-likeness (QED) is 0.596. The van der Waals surface area contributed by atoms with Gasteiger partial charge in [0.15, 0.2) is 11.6 Å². The smallest absolute Gasteiger partial charge is 0.331 e. The van der Waals surface area contributed by atoms with Crippen molar-refractivity contribution in [1.29, 1.82) is 10.5 Å². The second kappa shape index (κ2) is 9.49. The molecule has 0 radical (unpaired) electrons. The number of fused-ring (bicyclic) bond motifs is 1. The summed E-state index contributed by atoms with van der Waals surface area (Å²) >= 11 is 1.07. The van der Waals surface area contributed by atoms with Crippen LogP contribution >= 0.6 is 11.3 Å². The molecular formula is C23H20FN5O4S. The average molecular weight is 482 g/mol. The Morgan fingerprint density at radius 1 is 1.26 bits per heavy atom. The molecule has 3 heterocycles. The summed E-state index contributed by atoms with van der Waals surface area (Å²) in [7, 11) is 1.31. The molecule has 2 aromatic heterocycles. The Kier molecular flexibility index (Phi) is 6.48. The monoisotopic (exact) mass is 481 g/mol. The number of ether oxygens (including phenoxy) is 1. The molecule has 34 heavy (non-hydrogen) atoms. The van der Waals surface area contributed by atoms with Crippen LogP contribution in [0.1, 0.15) is 37.3 Å². The molecule has 1 saturated heterocycles. The summed E-state index contributed by atoms with van der Waals surface area (Å²) in [6.07, 6.45) is 1.14. The van der Waals surface area contributed by atoms with E-state index < -0.39 is 23.1 Å². The fraction of sp³-hybridized carbons (Fsp3) is 0.348. The molecule has 174 valence electrons. The van der Waals surface area contributed by atoms with Gasteiger partial charge < -0.3 is 10.1 Å². The zero-order valence-electron chi connectivity index (χ0n) is 18.3. The number of nitrogens with one attached hydrogen (secondary N) is 1. The number of benzene rings is 1. The summed E-state index contributed by atoms with van der Waals surface area (Å²) in [5.74, 6) is -0.986. The number of carbonyl (C=O) groups excluding carboxylic acids is 1. The van der Waals surface area contributed by atoms with Gasteiger partial charge in [0.2, 0.25) is 5.91 Å². The number of carbonyl (C=O) groups is 1. The number of amides is 1. The summed E-state index contributed by atoms with van der Waals surface area (Å²) in [5, 5.41) is 21.4. The van der Waals surface area contributed by atoms with Crippen LogP contribution < -0.4 is 21.3 Å². The molecule has 1 aromatic carbocycles. The van der Waals surface area contributed by atoms with E-state index in [-0.39, 0.29) is 41.3 Å². The highest BCUT2D eigenvalue weighted by atomic mass is 32.1. The first-order valence-corrected chi connectivity index (χ1v) is 11.4. The van der Waals surface area contributed by atoms with Crippen molar-refractivity contribution in [1.82, 2.24) is 14.5 Å². The molecule has 1 amide bonds. The van der Waals surface area contributed by atoms with Crippen LogP contribution in [0.25, 0.3) is 20.7 Å². The Balaban J connectivity index is 1.99. The molecular weight excluding hydrogens is 461 g/mol. The van der Waals surface area contributed by atoms with Gasteiger partial charge in [-0.2, -0.15) is 10.5 Å². The van der Waals surface area contributed by atoms with Crippen molar-refractivity contribution in [3.63, 3.8) is 0 Å². The van der Waals surface area contributed by atoms with E-state index in [4.69, 9.17) is 10.00 Å². The molecule has 1 fully saturated rings. The van der Waals surface area contributed by atoms with Gasteiger partial charge in [0.1, 0.15) is 4.70 Å². The van der Waals surface area contributed by atoms with E-state index in [1.807, 2.05) is 12.1 Å². The fourth-order valence-electron chi connectivity index (χ4n) is 4.18. The Bertz CT molecular complexity index is 1490. The molecule has 1 aliphatic rings. The fourth-order valence-corrected chi connectivity index (χ4v) is 5.31. The Labute approximate surface area is 197 Å². The van der Waals surface area contributed by atoms with Crippen LogP contribution in [-0.2, 0) is 11.3 Å². The number of hydrogen-bond donors (Lipinski definition) is 1. The van der Waals surface area contributed by atoms with E-state index >= 15 is 0 Å². The van der Waals surface area contributed by atoms with Crippen molar-refractivity contribution in [3.8, 4) is 28.3 Å². The van der Waals surface area contributed by atoms with Crippen LogP contribution in [0.15, 0.2) is 27.8 Å². The SMILES string of the molecule is COc1cc(-c2cc3c(s2)c(=O)n(C2CCCNC(=O)C2)c(=O)n3CCC#N)c(C#N)cc1F. The first-order chi connectivity index (χ1) is 16.4. The molecule has 1 unspecified atom stereocenters. The van der Waals surface area contributed by atoms with Crippen LogP contribution in [0.3, 0.4) is 0 Å². The molecule has 0 saturated carbocycles. The van der Waals surface area contributed by atoms with Crippen molar-refractivity contribution in [2.24, 2.45) is 0 Å². The van der Waals surface area contributed by atoms with E-state index in [0.717, 1.165) is 22.0 Å². The first-order valence-electron chi connectivity index (χ1n) is 10.6. The van der Waals surface area contributed by atoms with E-state index in [9.17, 15) is 24.0 Å². The third-order valence-electron chi connectivity index (χ3n) is 5.80. The standard InChI is InChI=1S/C23H20FN5O4S/c1-33-18-10-15(13(12-26)8-16(18)24)19-11-17-21(34-19)22(31)29(23(32)28(17)7-3-5-25)14-4-2-6-27-20(30)9-14/h8,10-11,14H,2-4,6-7,9H2,1H3,(H,27,30). The maximum absolute atomic E-state index is 14.1. The van der Waals surface area contributed by atoms with Crippen molar-refractivity contribution in [2.75, 3.05) is 13.7 Å². The summed E-state index contributed by atoms with van der Waals surface area (Å²) in [6.45, 7) is 0.528. The number of hydrogen-bond acceptors (Lipinski definition) is 7. The zero-order valence-corrected chi connectivity index (χ0v) is 19.1. The minimum Gasteiger partial charge on any atom is -0.494 e. The molecule has 0 aliphatic carbocycles. The van der Waals surface area contributed by atoms with E-state index in [2.05, 4.69) is 5.32 Å². The van der Waals surface area contributed by atoms with Gasteiger partial charge in [0.25, 0.3) is 5.56 Å². The molecule has 3 aromatic rings. The molecule has 0 spiro atoms. The highest BCUT2D eigenvalue weighted by Crippen LogP contribution is 2.36. The van der Waals surface area contributed by atoms with Gasteiger partial charge in [-0.1, -0.05) is 0 Å². The lowest BCUT2D eigenvalue weighted by atomic mass is 10.1. The minimum atomic E-state index is -0.691. The van der Waals surface area contributed by atoms with Crippen molar-refractivity contribution in [3.05, 3.63) is 50.4 Å². The van der Waals surface area contributed by atoms with Gasteiger partial charge in [0.05, 0.1) is 42.8 Å². The van der Waals surface area contributed by atoms with E-state index in [0.29, 0.717) is 35.3 Å². The normalized spacial score (nSPS) is 15.9. The Morgan fingerprint density at radius 3 is 2.76 bits per heavy atom. The Hall–Kier alpha value is -3.96. The highest BCUT2D eigenvalue weighted by Gasteiger charge is 2.26. The summed E-state index contributed by atoms with van der Waals surface area (Å²) < 4.78 is 21.9. The number of nitriles is 2. The van der Waals surface area contributed by atoms with Crippen LogP contribution in [0.5, 0.6) is 5.75 Å². The second-order valence-corrected chi connectivity index (χ2v) is 8.89. The van der Waals surface area contributed by atoms with Crippen molar-refractivity contribution >= 4 is 27.5 Å². The lowest BCUT2D eigenvalue weighted by Gasteiger charge is -2.18. The van der Waals surface area contributed by atoms with Gasteiger partial charge in [-0.15, -0.1) is 11.3 Å². The molecule has 0 bridgehead atoms. The van der Waals surface area contributed by atoms with Gasteiger partial charge in [-0.3, -0.25) is 18.7 Å². The number of thiophene rings is 1. The average Bonchev–Trinajstić information content (AvgIpc) is 3.15. The van der Waals surface area contributed by atoms with Crippen LogP contribution in [0.2, 0.25) is 0 Å². The van der Waals surface area contributed by atoms with Gasteiger partial charge in [-0.25, -0.2) is 9.18 Å². The number of aromatic nitrogens is 2. The van der Waals surface area contributed by atoms with Crippen LogP contribution in [0.4, 0.5) is 4.39 Å². The lowest BCUT2D eigenvalue weighted by Crippen LogP contribution is -2.42. The van der Waals surface area contributed by atoms with Crippen LogP contribution in [0, 0.1) is 28.5 Å². The lowest BCUT2D eigenvalue weighted by molar-refractivity contribution is -0.121. The number of halogens is 1. The first kappa shape index (κ1) is 23.2. The molecule has 1 atom stereocenters. The molecule has 1 N–H and O–H groups in total. The maximum Gasteiger partial charge on any atom is 0.331 e. The maximum atomic E-state index is 14.1. The number of methoxy groups -OCH3 is 1. The summed E-state index contributed by atoms with van der Waals surface area (Å²) in [5.41, 5.74) is -0.380. The summed E-state index contributed by atoms with van der Waals surface area (Å²) in [6, 6.07) is 7.39. The zero-order chi connectivity index (χ0) is 24.4. The van der Waals surface area contributed by atoms with E-state index in [1.165, 1.54) is 17.7 Å². The highest BCUT2D eigenvalue weighted by molar-refractivity contribution is 7.22. The largest absolute Gasteiger partial charge is 0.494 e. The predicted octanol–water partition coefficient (Wildman–Crippen LogP) is 2.67. The third kappa shape index (κ3) is 4.06. The van der Waals surface area contributed by atoms with Crippen LogP contribution in [-0.4, -0.2) is 28.7 Å². The topological polar surface area (TPSA) is 130 Å². The minimum absolute atomic E-state index is 0.00484. The van der Waals surface area contributed by atoms with Crippen molar-refractivity contribution < 1.29 is 13.9 Å². The van der Waals surface area contributed by atoms with Crippen molar-refractivity contribution in [2.45, 2.75) is 38.3 Å². The third-order valence-corrected chi connectivity index (χ3v) is 6.95. The van der Waals surface area contributed by atoms with E-state index in [1.54, 1.807) is 6.07 Å². The number of nitrogens with zero attached hydrogens (tertiary/aromatic N) is 4. The van der Waals surface area contributed by atoms with Gasteiger partial charge >= 0.3 is 5.69 Å². The summed E-state index contributed by atoms with van der Waals surface area (Å²) in [4.78, 5) is 39.5. The second-order valence-electron chi connectivity index (χ2n) is 7.84.